The second kappa shape index (κ2) is 6.50. The molecule has 96 valence electrons. The van der Waals surface area contributed by atoms with E-state index in [0.29, 0.717) is 6.04 Å². The highest BCUT2D eigenvalue weighted by Gasteiger charge is 2.05. The van der Waals surface area contributed by atoms with Crippen LogP contribution in [-0.2, 0) is 13.0 Å². The topological polar surface area (TPSA) is 12.0 Å². The van der Waals surface area contributed by atoms with Crippen molar-refractivity contribution in [2.24, 2.45) is 0 Å². The SMILES string of the molecule is CCc1ccc(CNC(C)c2ccc(Br)cc2)s1. The van der Waals surface area contributed by atoms with Crippen molar-refractivity contribution in [1.29, 1.82) is 0 Å². The maximum Gasteiger partial charge on any atom is 0.0305 e. The van der Waals surface area contributed by atoms with Gasteiger partial charge in [0.1, 0.15) is 0 Å². The molecule has 1 aromatic carbocycles. The normalized spacial score (nSPS) is 12.6. The lowest BCUT2D eigenvalue weighted by molar-refractivity contribution is 0.579. The number of rotatable bonds is 5. The van der Waals surface area contributed by atoms with Crippen LogP contribution in [0.3, 0.4) is 0 Å². The number of thiophene rings is 1. The molecule has 0 spiro atoms. The molecule has 1 nitrogen and oxygen atoms in total. The summed E-state index contributed by atoms with van der Waals surface area (Å²) in [5, 5.41) is 3.57. The summed E-state index contributed by atoms with van der Waals surface area (Å²) in [7, 11) is 0. The molecule has 1 atom stereocenters. The number of nitrogens with one attached hydrogen (secondary N) is 1. The Morgan fingerprint density at radius 2 is 1.78 bits per heavy atom. The molecule has 3 heteroatoms. The average molecular weight is 324 g/mol. The zero-order chi connectivity index (χ0) is 13.0. The zero-order valence-corrected chi connectivity index (χ0v) is 13.1. The molecule has 0 saturated heterocycles. The van der Waals surface area contributed by atoms with Gasteiger partial charge in [-0.3, -0.25) is 0 Å². The first-order valence-corrected chi connectivity index (χ1v) is 7.86. The van der Waals surface area contributed by atoms with Crippen LogP contribution in [0.5, 0.6) is 0 Å². The van der Waals surface area contributed by atoms with Crippen LogP contribution in [0.2, 0.25) is 0 Å². The lowest BCUT2D eigenvalue weighted by atomic mass is 10.1. The quantitative estimate of drug-likeness (QED) is 0.823. The minimum absolute atomic E-state index is 0.380. The molecule has 0 aliphatic carbocycles. The van der Waals surface area contributed by atoms with Gasteiger partial charge in [0.2, 0.25) is 0 Å². The molecular weight excluding hydrogens is 306 g/mol. The Kier molecular flexibility index (Phi) is 4.98. The number of hydrogen-bond acceptors (Lipinski definition) is 2. The molecule has 0 aliphatic rings. The Morgan fingerprint density at radius 1 is 1.11 bits per heavy atom. The lowest BCUT2D eigenvalue weighted by Crippen LogP contribution is -2.17. The van der Waals surface area contributed by atoms with Crippen LogP contribution in [0.15, 0.2) is 40.9 Å². The number of benzene rings is 1. The van der Waals surface area contributed by atoms with Crippen molar-refractivity contribution >= 4 is 27.3 Å². The smallest absolute Gasteiger partial charge is 0.0305 e. The van der Waals surface area contributed by atoms with Crippen LogP contribution in [0, 0.1) is 0 Å². The third-order valence-electron chi connectivity index (χ3n) is 3.02. The van der Waals surface area contributed by atoms with Crippen LogP contribution >= 0.6 is 27.3 Å². The number of hydrogen-bond donors (Lipinski definition) is 1. The molecule has 1 heterocycles. The third kappa shape index (κ3) is 3.67. The molecule has 1 N–H and O–H groups in total. The van der Waals surface area contributed by atoms with Crippen LogP contribution in [-0.4, -0.2) is 0 Å². The van der Waals surface area contributed by atoms with Crippen LogP contribution in [0.25, 0.3) is 0 Å². The number of aryl methyl sites for hydroxylation is 1. The molecule has 0 aliphatic heterocycles. The minimum Gasteiger partial charge on any atom is -0.305 e. The first kappa shape index (κ1) is 13.8. The Morgan fingerprint density at radius 3 is 2.39 bits per heavy atom. The summed E-state index contributed by atoms with van der Waals surface area (Å²) >= 11 is 5.36. The third-order valence-corrected chi connectivity index (χ3v) is 4.78. The van der Waals surface area contributed by atoms with E-state index in [4.69, 9.17) is 0 Å². The van der Waals surface area contributed by atoms with Crippen molar-refractivity contribution < 1.29 is 0 Å². The summed E-state index contributed by atoms with van der Waals surface area (Å²) in [5.41, 5.74) is 1.32. The van der Waals surface area contributed by atoms with E-state index in [1.54, 1.807) is 0 Å². The van der Waals surface area contributed by atoms with E-state index in [1.165, 1.54) is 15.3 Å². The summed E-state index contributed by atoms with van der Waals surface area (Å²) in [4.78, 5) is 2.87. The minimum atomic E-state index is 0.380. The molecule has 0 amide bonds. The molecule has 0 fully saturated rings. The van der Waals surface area contributed by atoms with Gasteiger partial charge < -0.3 is 5.32 Å². The Bertz CT molecular complexity index is 489. The van der Waals surface area contributed by atoms with E-state index < -0.39 is 0 Å². The summed E-state index contributed by atoms with van der Waals surface area (Å²) < 4.78 is 1.13. The molecule has 1 unspecified atom stereocenters. The highest BCUT2D eigenvalue weighted by molar-refractivity contribution is 9.10. The van der Waals surface area contributed by atoms with Crippen molar-refractivity contribution in [2.45, 2.75) is 32.9 Å². The average Bonchev–Trinajstić information content (AvgIpc) is 2.85. The van der Waals surface area contributed by atoms with Gasteiger partial charge >= 0.3 is 0 Å². The van der Waals surface area contributed by atoms with Gasteiger partial charge in [0.05, 0.1) is 0 Å². The molecular formula is C15H18BrNS. The van der Waals surface area contributed by atoms with Crippen molar-refractivity contribution in [1.82, 2.24) is 5.32 Å². The largest absolute Gasteiger partial charge is 0.305 e. The summed E-state index contributed by atoms with van der Waals surface area (Å²) in [6.07, 6.45) is 1.13. The maximum absolute atomic E-state index is 3.57. The standard InChI is InChI=1S/C15H18BrNS/c1-3-14-8-9-15(18-14)10-17-11(2)12-4-6-13(16)7-5-12/h4-9,11,17H,3,10H2,1-2H3. The summed E-state index contributed by atoms with van der Waals surface area (Å²) in [5.74, 6) is 0. The van der Waals surface area contributed by atoms with Gasteiger partial charge in [0.25, 0.3) is 0 Å². The second-order valence-electron chi connectivity index (χ2n) is 4.38. The van der Waals surface area contributed by atoms with E-state index in [9.17, 15) is 0 Å². The first-order chi connectivity index (χ1) is 8.69. The van der Waals surface area contributed by atoms with Gasteiger partial charge in [-0.1, -0.05) is 35.0 Å². The van der Waals surface area contributed by atoms with Crippen molar-refractivity contribution in [2.75, 3.05) is 0 Å². The van der Waals surface area contributed by atoms with E-state index in [-0.39, 0.29) is 0 Å². The second-order valence-corrected chi connectivity index (χ2v) is 6.54. The van der Waals surface area contributed by atoms with Gasteiger partial charge in [-0.2, -0.15) is 0 Å². The maximum atomic E-state index is 3.57. The highest BCUT2D eigenvalue weighted by atomic mass is 79.9. The molecule has 18 heavy (non-hydrogen) atoms. The fourth-order valence-corrected chi connectivity index (χ4v) is 3.00. The van der Waals surface area contributed by atoms with Gasteiger partial charge in [-0.15, -0.1) is 11.3 Å². The van der Waals surface area contributed by atoms with Crippen LogP contribution < -0.4 is 5.32 Å². The fraction of sp³-hybridized carbons (Fsp3) is 0.333. The lowest BCUT2D eigenvalue weighted by Gasteiger charge is -2.13. The van der Waals surface area contributed by atoms with Gasteiger partial charge in [-0.25, -0.2) is 0 Å². The molecule has 2 aromatic rings. The van der Waals surface area contributed by atoms with Crippen LogP contribution in [0.1, 0.15) is 35.2 Å². The van der Waals surface area contributed by atoms with Crippen molar-refractivity contribution in [3.63, 3.8) is 0 Å². The Labute approximate surface area is 121 Å². The van der Waals surface area contributed by atoms with Gasteiger partial charge in [0, 0.05) is 26.8 Å². The van der Waals surface area contributed by atoms with Crippen molar-refractivity contribution in [3.8, 4) is 0 Å². The summed E-state index contributed by atoms with van der Waals surface area (Å²) in [6, 6.07) is 13.3. The van der Waals surface area contributed by atoms with Crippen molar-refractivity contribution in [3.05, 3.63) is 56.2 Å². The van der Waals surface area contributed by atoms with E-state index in [2.05, 4.69) is 71.5 Å². The Hall–Kier alpha value is -0.640. The molecule has 0 saturated carbocycles. The number of halogens is 1. The van der Waals surface area contributed by atoms with Gasteiger partial charge in [0.15, 0.2) is 0 Å². The first-order valence-electron chi connectivity index (χ1n) is 6.25. The molecule has 0 bridgehead atoms. The molecule has 0 radical (unpaired) electrons. The highest BCUT2D eigenvalue weighted by Crippen LogP contribution is 2.20. The Balaban J connectivity index is 1.91. The van der Waals surface area contributed by atoms with E-state index in [1.807, 2.05) is 11.3 Å². The van der Waals surface area contributed by atoms with E-state index >= 15 is 0 Å². The molecule has 1 aromatic heterocycles. The predicted octanol–water partition coefficient (Wildman–Crippen LogP) is 4.92. The summed E-state index contributed by atoms with van der Waals surface area (Å²) in [6.45, 7) is 5.35. The fourth-order valence-electron chi connectivity index (χ4n) is 1.83. The van der Waals surface area contributed by atoms with Gasteiger partial charge in [-0.05, 0) is 43.2 Å². The van der Waals surface area contributed by atoms with Crippen LogP contribution in [0.4, 0.5) is 0 Å². The zero-order valence-electron chi connectivity index (χ0n) is 10.7. The predicted molar refractivity (Wildman–Crippen MR) is 83.1 cm³/mol. The molecule has 2 rings (SSSR count). The monoisotopic (exact) mass is 323 g/mol. The van der Waals surface area contributed by atoms with E-state index in [0.717, 1.165) is 17.4 Å².